The number of rotatable bonds is 3. The van der Waals surface area contributed by atoms with Crippen LogP contribution in [-0.2, 0) is 0 Å². The van der Waals surface area contributed by atoms with Gasteiger partial charge in [0.2, 0.25) is 0 Å². The minimum Gasteiger partial charge on any atom is -0.368 e. The molecule has 0 spiro atoms. The van der Waals surface area contributed by atoms with Gasteiger partial charge in [-0.1, -0.05) is 18.2 Å². The molecule has 2 heterocycles. The summed E-state index contributed by atoms with van der Waals surface area (Å²) in [4.78, 5) is 16.4. The normalized spacial score (nSPS) is 15.1. The Bertz CT molecular complexity index is 802. The number of H-pyrrole nitrogens is 2. The fraction of sp³-hybridized carbons (Fsp3) is 0.200. The summed E-state index contributed by atoms with van der Waals surface area (Å²) in [6.07, 6.45) is 3.76. The van der Waals surface area contributed by atoms with E-state index < -0.39 is 0 Å². The van der Waals surface area contributed by atoms with Crippen LogP contribution in [0.1, 0.15) is 19.4 Å². The molecular weight excluding hydrogens is 252 g/mol. The lowest BCUT2D eigenvalue weighted by atomic mass is 10.2. The highest BCUT2D eigenvalue weighted by molar-refractivity contribution is 5.71. The standard InChI is InChI=1S/C15H16N4O/c1-9(2)16-14-12(15(20)19-18-14)8-11-7-10-5-3-4-6-13(10)17-11/h3-9H,1-2H3,(H3,16,18,19,20)/b11-8+. The summed E-state index contributed by atoms with van der Waals surface area (Å²) >= 11 is 0. The number of para-hydroxylation sites is 1. The largest absolute Gasteiger partial charge is 0.368 e. The summed E-state index contributed by atoms with van der Waals surface area (Å²) in [5.41, 5.74) is 1.20. The first-order valence-corrected chi connectivity index (χ1v) is 6.58. The van der Waals surface area contributed by atoms with Crippen molar-refractivity contribution in [2.45, 2.75) is 19.9 Å². The Morgan fingerprint density at radius 3 is 2.80 bits per heavy atom. The van der Waals surface area contributed by atoms with E-state index in [1.165, 1.54) is 0 Å². The van der Waals surface area contributed by atoms with Gasteiger partial charge < -0.3 is 5.32 Å². The van der Waals surface area contributed by atoms with Gasteiger partial charge in [0, 0.05) is 11.3 Å². The second kappa shape index (κ2) is 4.85. The highest BCUT2D eigenvalue weighted by atomic mass is 16.1. The summed E-state index contributed by atoms with van der Waals surface area (Å²) in [6.45, 7) is 4.04. The van der Waals surface area contributed by atoms with Crippen LogP contribution in [0.15, 0.2) is 39.7 Å². The third kappa shape index (κ3) is 2.30. The number of benzene rings is 1. The van der Waals surface area contributed by atoms with Crippen LogP contribution in [0.3, 0.4) is 0 Å². The number of nitrogens with zero attached hydrogens (tertiary/aromatic N) is 1. The van der Waals surface area contributed by atoms with Crippen molar-refractivity contribution in [2.24, 2.45) is 4.99 Å². The lowest BCUT2D eigenvalue weighted by Crippen LogP contribution is -2.19. The molecule has 20 heavy (non-hydrogen) atoms. The first-order valence-electron chi connectivity index (χ1n) is 6.58. The van der Waals surface area contributed by atoms with E-state index in [9.17, 15) is 4.79 Å². The molecule has 102 valence electrons. The quantitative estimate of drug-likeness (QED) is 0.776. The number of aromatic amines is 2. The second-order valence-corrected chi connectivity index (χ2v) is 5.05. The lowest BCUT2D eigenvalue weighted by Gasteiger charge is -2.07. The fourth-order valence-corrected chi connectivity index (χ4v) is 2.17. The van der Waals surface area contributed by atoms with Gasteiger partial charge in [0.15, 0.2) is 0 Å². The van der Waals surface area contributed by atoms with Gasteiger partial charge in [-0.25, -0.2) is 4.99 Å². The average molecular weight is 268 g/mol. The van der Waals surface area contributed by atoms with E-state index in [-0.39, 0.29) is 11.6 Å². The van der Waals surface area contributed by atoms with Crippen LogP contribution in [0.2, 0.25) is 0 Å². The molecule has 2 aromatic rings. The predicted octanol–water partition coefficient (Wildman–Crippen LogP) is 0.978. The Kier molecular flexibility index (Phi) is 3.02. The van der Waals surface area contributed by atoms with Crippen LogP contribution in [0.4, 0.5) is 5.82 Å². The predicted molar refractivity (Wildman–Crippen MR) is 79.8 cm³/mol. The number of hydrogen-bond acceptors (Lipinski definition) is 3. The number of nitrogens with one attached hydrogen (secondary N) is 3. The van der Waals surface area contributed by atoms with Gasteiger partial charge in [-0.2, -0.15) is 0 Å². The number of hydrogen-bond donors (Lipinski definition) is 3. The van der Waals surface area contributed by atoms with Crippen molar-refractivity contribution in [1.29, 1.82) is 0 Å². The molecule has 0 unspecified atom stereocenters. The van der Waals surface area contributed by atoms with Crippen molar-refractivity contribution in [3.63, 3.8) is 0 Å². The van der Waals surface area contributed by atoms with E-state index >= 15 is 0 Å². The minimum atomic E-state index is -0.153. The maximum atomic E-state index is 11.9. The van der Waals surface area contributed by atoms with Gasteiger partial charge in [-0.15, -0.1) is 0 Å². The molecule has 1 aliphatic heterocycles. The van der Waals surface area contributed by atoms with E-state index in [4.69, 9.17) is 0 Å². The van der Waals surface area contributed by atoms with E-state index in [0.29, 0.717) is 11.4 Å². The van der Waals surface area contributed by atoms with Crippen molar-refractivity contribution < 1.29 is 0 Å². The Balaban J connectivity index is 2.04. The molecule has 1 aromatic carbocycles. The van der Waals surface area contributed by atoms with E-state index in [1.54, 1.807) is 6.08 Å². The monoisotopic (exact) mass is 268 g/mol. The zero-order valence-electron chi connectivity index (χ0n) is 11.4. The third-order valence-electron chi connectivity index (χ3n) is 3.03. The van der Waals surface area contributed by atoms with Gasteiger partial charge >= 0.3 is 0 Å². The van der Waals surface area contributed by atoms with Gasteiger partial charge in [-0.3, -0.25) is 15.0 Å². The molecule has 1 aliphatic rings. The molecule has 5 heteroatoms. The molecular formula is C15H16N4O. The Hall–Kier alpha value is -2.56. The van der Waals surface area contributed by atoms with Gasteiger partial charge in [0.05, 0.1) is 16.6 Å². The SMILES string of the molecule is CC(C)Nc1[nH][nH]c(=O)c1/C=C1\C=c2ccccc2=N1. The zero-order valence-corrected chi connectivity index (χ0v) is 11.4. The zero-order chi connectivity index (χ0) is 14.1. The first kappa shape index (κ1) is 12.5. The second-order valence-electron chi connectivity index (χ2n) is 5.05. The topological polar surface area (TPSA) is 73.0 Å². The van der Waals surface area contributed by atoms with Crippen LogP contribution in [0.25, 0.3) is 12.2 Å². The molecule has 0 bridgehead atoms. The van der Waals surface area contributed by atoms with Crippen LogP contribution in [0, 0.1) is 0 Å². The third-order valence-corrected chi connectivity index (χ3v) is 3.03. The summed E-state index contributed by atoms with van der Waals surface area (Å²) < 4.78 is 0. The van der Waals surface area contributed by atoms with Crippen molar-refractivity contribution in [3.8, 4) is 0 Å². The summed E-state index contributed by atoms with van der Waals surface area (Å²) in [6, 6.07) is 8.13. The molecule has 0 atom stereocenters. The highest BCUT2D eigenvalue weighted by Gasteiger charge is 2.10. The van der Waals surface area contributed by atoms with Gasteiger partial charge in [0.1, 0.15) is 5.82 Å². The highest BCUT2D eigenvalue weighted by Crippen LogP contribution is 2.14. The van der Waals surface area contributed by atoms with E-state index in [2.05, 4.69) is 20.5 Å². The van der Waals surface area contributed by atoms with Crippen LogP contribution in [-0.4, -0.2) is 16.2 Å². The summed E-state index contributed by atoms with van der Waals surface area (Å²) in [7, 11) is 0. The maximum Gasteiger partial charge on any atom is 0.273 e. The van der Waals surface area contributed by atoms with Crippen molar-refractivity contribution in [1.82, 2.24) is 10.2 Å². The fourth-order valence-electron chi connectivity index (χ4n) is 2.17. The van der Waals surface area contributed by atoms with Crippen LogP contribution >= 0.6 is 0 Å². The van der Waals surface area contributed by atoms with E-state index in [0.717, 1.165) is 16.3 Å². The molecule has 0 saturated carbocycles. The number of allylic oxidation sites excluding steroid dienone is 1. The molecule has 3 rings (SSSR count). The molecule has 0 fully saturated rings. The van der Waals surface area contributed by atoms with Gasteiger partial charge in [-0.05, 0) is 32.1 Å². The van der Waals surface area contributed by atoms with Crippen molar-refractivity contribution >= 4 is 18.0 Å². The average Bonchev–Trinajstić information content (AvgIpc) is 2.95. The number of fused-ring (bicyclic) bond motifs is 1. The Morgan fingerprint density at radius 2 is 2.05 bits per heavy atom. The number of aromatic nitrogens is 2. The van der Waals surface area contributed by atoms with Crippen LogP contribution in [0.5, 0.6) is 0 Å². The van der Waals surface area contributed by atoms with Gasteiger partial charge in [0.25, 0.3) is 5.56 Å². The van der Waals surface area contributed by atoms with Crippen LogP contribution < -0.4 is 21.5 Å². The van der Waals surface area contributed by atoms with E-state index in [1.807, 2.05) is 44.2 Å². The molecule has 0 aliphatic carbocycles. The number of anilines is 1. The lowest BCUT2D eigenvalue weighted by molar-refractivity contribution is 0.883. The summed E-state index contributed by atoms with van der Waals surface area (Å²) in [5, 5.41) is 10.7. The van der Waals surface area contributed by atoms with Crippen molar-refractivity contribution in [3.05, 3.63) is 56.5 Å². The Labute approximate surface area is 115 Å². The molecule has 0 radical (unpaired) electrons. The molecule has 1 aromatic heterocycles. The first-order chi connectivity index (χ1) is 9.63. The Morgan fingerprint density at radius 1 is 1.25 bits per heavy atom. The summed E-state index contributed by atoms with van der Waals surface area (Å²) in [5.74, 6) is 0.692. The molecule has 0 amide bonds. The molecule has 3 N–H and O–H groups in total. The molecule has 5 nitrogen and oxygen atoms in total. The minimum absolute atomic E-state index is 0.153. The maximum absolute atomic E-state index is 11.9. The molecule has 0 saturated heterocycles. The van der Waals surface area contributed by atoms with Crippen molar-refractivity contribution in [2.75, 3.05) is 5.32 Å². The smallest absolute Gasteiger partial charge is 0.273 e.